The van der Waals surface area contributed by atoms with E-state index < -0.39 is 14.4 Å². The number of benzene rings is 4. The molecule has 2 aliphatic heterocycles. The molecule has 66 heavy (non-hydrogen) atoms. The van der Waals surface area contributed by atoms with Gasteiger partial charge >= 0.3 is 6.09 Å². The molecule has 0 aromatic heterocycles. The minimum absolute atomic E-state index is 0.0184. The van der Waals surface area contributed by atoms with Gasteiger partial charge in [0.05, 0.1) is 31.4 Å². The third-order valence-corrected chi connectivity index (χ3v) is 18.2. The zero-order chi connectivity index (χ0) is 46.8. The van der Waals surface area contributed by atoms with Crippen molar-refractivity contribution < 1.29 is 38.1 Å². The van der Waals surface area contributed by atoms with Crippen LogP contribution in [0.1, 0.15) is 62.8 Å². The van der Waals surface area contributed by atoms with Crippen molar-refractivity contribution in [1.29, 1.82) is 0 Å². The number of anilines is 2. The number of rotatable bonds is 20. The molecule has 0 spiro atoms. The van der Waals surface area contributed by atoms with Crippen LogP contribution in [0.3, 0.4) is 0 Å². The van der Waals surface area contributed by atoms with E-state index in [-0.39, 0.29) is 47.1 Å². The molecule has 1 saturated heterocycles. The maximum Gasteiger partial charge on any atom is 0.411 e. The molecule has 4 atom stereocenters. The number of likely N-dealkylation sites (N-methyl/N-ethyl adjacent to an activating group) is 1. The summed E-state index contributed by atoms with van der Waals surface area (Å²) < 4.78 is 24.6. The Labute approximate surface area is 391 Å². The van der Waals surface area contributed by atoms with Crippen LogP contribution in [-0.4, -0.2) is 113 Å². The average Bonchev–Trinajstić information content (AvgIpc) is 3.85. The summed E-state index contributed by atoms with van der Waals surface area (Å²) in [7, 11) is -0.434. The Morgan fingerprint density at radius 1 is 0.939 bits per heavy atom. The Bertz CT molecular complexity index is 2270. The van der Waals surface area contributed by atoms with E-state index in [0.717, 1.165) is 67.7 Å². The SMILES string of the molecule is CN(CCNC[C@H](O[Si](C)(C)C(C)(C)C)c1ccc(O)c2c1OCC(=O)N2)C(=O)CCOCCc1cccc(CCN2C[C@H]3C[C@H](OC(=O)Nc4ccccc4-c4ccccc4)C[C@H]3C2)c1. The summed E-state index contributed by atoms with van der Waals surface area (Å²) in [5, 5.41) is 19.6. The molecule has 2 heterocycles. The largest absolute Gasteiger partial charge is 0.506 e. The highest BCUT2D eigenvalue weighted by molar-refractivity contribution is 6.74. The van der Waals surface area contributed by atoms with Crippen molar-refractivity contribution in [1.82, 2.24) is 15.1 Å². The molecule has 13 nitrogen and oxygen atoms in total. The van der Waals surface area contributed by atoms with Gasteiger partial charge in [0.25, 0.3) is 5.91 Å². The van der Waals surface area contributed by atoms with E-state index in [2.05, 4.69) is 79.0 Å². The number of ether oxygens (including phenoxy) is 3. The number of amides is 3. The summed E-state index contributed by atoms with van der Waals surface area (Å²) in [5.74, 6) is 1.16. The first-order valence-electron chi connectivity index (χ1n) is 23.5. The third-order valence-electron chi connectivity index (χ3n) is 13.8. The fourth-order valence-electron chi connectivity index (χ4n) is 9.03. The first kappa shape index (κ1) is 48.7. The molecule has 4 aromatic rings. The molecular weight excluding hydrogens is 851 g/mol. The van der Waals surface area contributed by atoms with Crippen molar-refractivity contribution in [2.75, 3.05) is 76.8 Å². The lowest BCUT2D eigenvalue weighted by Gasteiger charge is -2.40. The lowest BCUT2D eigenvalue weighted by Crippen LogP contribution is -2.44. The predicted molar refractivity (Wildman–Crippen MR) is 261 cm³/mol. The molecule has 0 radical (unpaired) electrons. The number of nitrogens with one attached hydrogen (secondary N) is 3. The van der Waals surface area contributed by atoms with Gasteiger partial charge < -0.3 is 44.2 Å². The van der Waals surface area contributed by atoms with Crippen LogP contribution in [0.2, 0.25) is 18.1 Å². The zero-order valence-electron chi connectivity index (χ0n) is 39.6. The van der Waals surface area contributed by atoms with Gasteiger partial charge in [0.1, 0.15) is 17.5 Å². The number of carbonyl (C=O) groups excluding carboxylic acids is 3. The number of aromatic hydroxyl groups is 1. The second-order valence-electron chi connectivity index (χ2n) is 19.6. The number of hydrogen-bond donors (Lipinski definition) is 4. The van der Waals surface area contributed by atoms with Crippen molar-refractivity contribution in [3.63, 3.8) is 0 Å². The van der Waals surface area contributed by atoms with Crippen LogP contribution in [0.15, 0.2) is 91.0 Å². The fourth-order valence-corrected chi connectivity index (χ4v) is 10.3. The highest BCUT2D eigenvalue weighted by Gasteiger charge is 2.43. The average molecular weight is 920 g/mol. The number of fused-ring (bicyclic) bond motifs is 2. The van der Waals surface area contributed by atoms with Crippen LogP contribution < -0.4 is 20.7 Å². The summed E-state index contributed by atoms with van der Waals surface area (Å²) >= 11 is 0. The maximum absolute atomic E-state index is 13.0. The van der Waals surface area contributed by atoms with Crippen LogP contribution in [0, 0.1) is 11.8 Å². The van der Waals surface area contributed by atoms with E-state index in [0.29, 0.717) is 56.9 Å². The molecule has 2 fully saturated rings. The second-order valence-corrected chi connectivity index (χ2v) is 24.4. The second kappa shape index (κ2) is 22.0. The monoisotopic (exact) mass is 919 g/mol. The van der Waals surface area contributed by atoms with E-state index in [9.17, 15) is 19.5 Å². The van der Waals surface area contributed by atoms with Crippen LogP contribution in [-0.2, 0) is 36.3 Å². The van der Waals surface area contributed by atoms with Gasteiger partial charge in [-0.2, -0.15) is 0 Å². The molecular formula is C52H69N5O8Si. The van der Waals surface area contributed by atoms with E-state index >= 15 is 0 Å². The molecule has 3 aliphatic rings. The highest BCUT2D eigenvalue weighted by Crippen LogP contribution is 2.46. The van der Waals surface area contributed by atoms with Crippen LogP contribution in [0.4, 0.5) is 16.2 Å². The van der Waals surface area contributed by atoms with Crippen molar-refractivity contribution in [3.8, 4) is 22.6 Å². The smallest absolute Gasteiger partial charge is 0.411 e. The molecule has 3 amide bonds. The highest BCUT2D eigenvalue weighted by atomic mass is 28.4. The number of para-hydroxylation sites is 1. The molecule has 1 saturated carbocycles. The molecule has 4 aromatic carbocycles. The molecule has 7 rings (SSSR count). The lowest BCUT2D eigenvalue weighted by atomic mass is 10.0. The van der Waals surface area contributed by atoms with Crippen molar-refractivity contribution in [2.45, 2.75) is 83.2 Å². The number of nitrogens with zero attached hydrogens (tertiary/aromatic N) is 2. The Balaban J connectivity index is 0.775. The van der Waals surface area contributed by atoms with Crippen molar-refractivity contribution in [3.05, 3.63) is 108 Å². The fraction of sp³-hybridized carbons (Fsp3) is 0.481. The predicted octanol–water partition coefficient (Wildman–Crippen LogP) is 8.65. The Morgan fingerprint density at radius 2 is 1.65 bits per heavy atom. The van der Waals surface area contributed by atoms with Crippen LogP contribution in [0.25, 0.3) is 11.1 Å². The Hall–Kier alpha value is -5.25. The normalized spacial score (nSPS) is 18.8. The van der Waals surface area contributed by atoms with E-state index in [1.807, 2.05) is 54.6 Å². The van der Waals surface area contributed by atoms with E-state index in [1.165, 1.54) is 11.1 Å². The minimum Gasteiger partial charge on any atom is -0.506 e. The minimum atomic E-state index is -2.24. The van der Waals surface area contributed by atoms with Gasteiger partial charge in [-0.1, -0.05) is 93.6 Å². The quantitative estimate of drug-likeness (QED) is 0.0386. The molecule has 14 heteroatoms. The summed E-state index contributed by atoms with van der Waals surface area (Å²) in [4.78, 5) is 42.3. The molecule has 1 aliphatic carbocycles. The van der Waals surface area contributed by atoms with Gasteiger partial charge in [-0.25, -0.2) is 4.79 Å². The number of likely N-dealkylation sites (tertiary alicyclic amines) is 1. The van der Waals surface area contributed by atoms with Crippen LogP contribution in [0.5, 0.6) is 11.5 Å². The van der Waals surface area contributed by atoms with Gasteiger partial charge in [0, 0.05) is 57.4 Å². The molecule has 4 N–H and O–H groups in total. The summed E-state index contributed by atoms with van der Waals surface area (Å²) in [6.07, 6.45) is 3.03. The summed E-state index contributed by atoms with van der Waals surface area (Å²) in [6, 6.07) is 30.0. The molecule has 0 unspecified atom stereocenters. The number of carbonyl (C=O) groups is 3. The van der Waals surface area contributed by atoms with Gasteiger partial charge in [-0.15, -0.1) is 0 Å². The van der Waals surface area contributed by atoms with E-state index in [1.54, 1.807) is 24.1 Å². The van der Waals surface area contributed by atoms with E-state index in [4.69, 9.17) is 18.6 Å². The Kier molecular flexibility index (Phi) is 16.2. The number of phenols is 1. The number of hydrogen-bond acceptors (Lipinski definition) is 10. The topological polar surface area (TPSA) is 151 Å². The standard InChI is InChI=1S/C52H69N5O8Si/c1-52(2,3)66(5,6)65-46(43-19-20-45(58)49-50(43)63-35-47(59)55-49)32-53-24-26-56(4)48(60)23-28-62-27-22-37-14-12-13-36(29-37)21-25-57-33-39-30-41(31-40(39)34-57)64-51(61)54-44-18-11-10-17-42(44)38-15-8-7-9-16-38/h7-20,29,39-41,46,53,58H,21-28,30-35H2,1-6H3,(H,54,61)(H,55,59)/t39-,40+,41+,46-/m0/s1. The van der Waals surface area contributed by atoms with Gasteiger partial charge in [-0.3, -0.25) is 14.9 Å². The van der Waals surface area contributed by atoms with Crippen molar-refractivity contribution in [2.24, 2.45) is 11.8 Å². The van der Waals surface area contributed by atoms with Gasteiger partial charge in [0.15, 0.2) is 20.7 Å². The summed E-state index contributed by atoms with van der Waals surface area (Å²) in [5.41, 5.74) is 6.33. The number of phenolic OH excluding ortho intramolecular Hbond substituents is 1. The van der Waals surface area contributed by atoms with Gasteiger partial charge in [0.2, 0.25) is 5.91 Å². The van der Waals surface area contributed by atoms with Crippen LogP contribution >= 0.6 is 0 Å². The third kappa shape index (κ3) is 12.8. The van der Waals surface area contributed by atoms with Gasteiger partial charge in [-0.05, 0) is 90.5 Å². The Morgan fingerprint density at radius 3 is 2.39 bits per heavy atom. The maximum atomic E-state index is 13.0. The first-order valence-corrected chi connectivity index (χ1v) is 26.5. The zero-order valence-corrected chi connectivity index (χ0v) is 40.6. The first-order chi connectivity index (χ1) is 31.6. The lowest BCUT2D eigenvalue weighted by molar-refractivity contribution is -0.131. The summed E-state index contributed by atoms with van der Waals surface area (Å²) in [6.45, 7) is 16.3. The molecule has 0 bridgehead atoms. The van der Waals surface area contributed by atoms with Crippen molar-refractivity contribution >= 4 is 37.6 Å². The molecule has 354 valence electrons.